The number of benzene rings is 1. The molecule has 0 spiro atoms. The minimum atomic E-state index is -0.766. The molecule has 4 aliphatic heterocycles. The fraction of sp³-hybridized carbons (Fsp3) is 0.600. The molecule has 152 valence electrons. The summed E-state index contributed by atoms with van der Waals surface area (Å²) in [5.41, 5.74) is 0.403. The van der Waals surface area contributed by atoms with Gasteiger partial charge in [-0.25, -0.2) is 4.79 Å². The zero-order chi connectivity index (χ0) is 19.7. The summed E-state index contributed by atoms with van der Waals surface area (Å²) in [5.74, 6) is -0.140. The predicted molar refractivity (Wildman–Crippen MR) is 102 cm³/mol. The monoisotopic (exact) mass is 389 g/mol. The van der Waals surface area contributed by atoms with E-state index in [1.165, 1.54) is 10.6 Å². The summed E-state index contributed by atoms with van der Waals surface area (Å²) in [5, 5.41) is 3.28. The van der Waals surface area contributed by atoms with E-state index in [-0.39, 0.29) is 24.1 Å². The van der Waals surface area contributed by atoms with E-state index in [0.29, 0.717) is 32.4 Å². The topological polar surface area (TPSA) is 90.2 Å². The Morgan fingerprint density at radius 1 is 0.964 bits per heavy atom. The molecule has 28 heavy (non-hydrogen) atoms. The molecule has 1 aromatic carbocycles. The number of rotatable bonds is 7. The average Bonchev–Trinajstić information content (AvgIpc) is 3.56. The normalized spacial score (nSPS) is 29.3. The molecule has 1 aromatic rings. The maximum atomic E-state index is 12.2. The van der Waals surface area contributed by atoms with Gasteiger partial charge < -0.3 is 24.4 Å². The summed E-state index contributed by atoms with van der Waals surface area (Å²) in [6, 6.07) is 9.96. The van der Waals surface area contributed by atoms with Crippen molar-refractivity contribution in [1.29, 1.82) is 0 Å². The lowest BCUT2D eigenvalue weighted by Crippen LogP contribution is -2.45. The summed E-state index contributed by atoms with van der Waals surface area (Å²) in [4.78, 5) is 27.3. The number of nitrogens with zero attached hydrogens (tertiary/aromatic N) is 2. The lowest BCUT2D eigenvalue weighted by Gasteiger charge is -2.26. The molecule has 0 saturated carbocycles. The van der Waals surface area contributed by atoms with Crippen LogP contribution in [-0.4, -0.2) is 85.0 Å². The second-order valence-electron chi connectivity index (χ2n) is 7.98. The number of imide groups is 1. The van der Waals surface area contributed by atoms with Gasteiger partial charge >= 0.3 is 6.03 Å². The van der Waals surface area contributed by atoms with E-state index in [0.717, 1.165) is 13.2 Å². The molecule has 0 bridgehead atoms. The van der Waals surface area contributed by atoms with E-state index < -0.39 is 5.54 Å². The van der Waals surface area contributed by atoms with Crippen LogP contribution in [-0.2, 0) is 19.0 Å². The maximum Gasteiger partial charge on any atom is 0.327 e. The Kier molecular flexibility index (Phi) is 5.27. The number of urea groups is 1. The van der Waals surface area contributed by atoms with E-state index in [1.54, 1.807) is 18.7 Å². The van der Waals surface area contributed by atoms with E-state index >= 15 is 0 Å². The lowest BCUT2D eigenvalue weighted by atomic mass is 10.0. The first-order valence-electron chi connectivity index (χ1n) is 9.72. The Morgan fingerprint density at radius 2 is 1.54 bits per heavy atom. The second kappa shape index (κ2) is 7.69. The number of para-hydroxylation sites is 1. The standard InChI is InChI=1S/C11H16N2O4.C9H11NO/c1-11(2)9(14)12(3-7-5-16-7)10(15)13(11)4-8-6-17-8;1-2-4-8(5-3-1)10-6-9-7-11-9/h7-8H,3-6H2,1-2H3;1-5,9-10H,6-7H2. The number of hydrogen-bond donors (Lipinski definition) is 1. The third-order valence-corrected chi connectivity index (χ3v) is 5.19. The van der Waals surface area contributed by atoms with Crippen molar-refractivity contribution in [2.75, 3.05) is 44.8 Å². The van der Waals surface area contributed by atoms with Crippen molar-refractivity contribution in [3.63, 3.8) is 0 Å². The zero-order valence-corrected chi connectivity index (χ0v) is 16.3. The van der Waals surface area contributed by atoms with Crippen LogP contribution in [0.1, 0.15) is 13.8 Å². The minimum absolute atomic E-state index is 0.0378. The Morgan fingerprint density at radius 3 is 2.11 bits per heavy atom. The summed E-state index contributed by atoms with van der Waals surface area (Å²) in [6.45, 7) is 7.61. The molecule has 4 saturated heterocycles. The number of epoxide rings is 3. The minimum Gasteiger partial charge on any atom is -0.382 e. The summed E-state index contributed by atoms with van der Waals surface area (Å²) in [6.07, 6.45) is 0.592. The van der Waals surface area contributed by atoms with Crippen LogP contribution in [0.3, 0.4) is 0 Å². The molecular weight excluding hydrogens is 362 g/mol. The highest BCUT2D eigenvalue weighted by molar-refractivity contribution is 6.06. The Bertz CT molecular complexity index is 714. The van der Waals surface area contributed by atoms with E-state index in [4.69, 9.17) is 14.2 Å². The number of hydrogen-bond acceptors (Lipinski definition) is 6. The van der Waals surface area contributed by atoms with E-state index in [9.17, 15) is 9.59 Å². The van der Waals surface area contributed by atoms with Gasteiger partial charge in [0.1, 0.15) is 5.54 Å². The first-order valence-corrected chi connectivity index (χ1v) is 9.72. The van der Waals surface area contributed by atoms with Crippen LogP contribution in [0.2, 0.25) is 0 Å². The average molecular weight is 389 g/mol. The molecule has 8 heteroatoms. The quantitative estimate of drug-likeness (QED) is 0.559. The van der Waals surface area contributed by atoms with Gasteiger partial charge in [0.05, 0.1) is 51.2 Å². The van der Waals surface area contributed by atoms with Crippen LogP contribution >= 0.6 is 0 Å². The molecule has 8 nitrogen and oxygen atoms in total. The fourth-order valence-electron chi connectivity index (χ4n) is 3.11. The van der Waals surface area contributed by atoms with Gasteiger partial charge in [-0.15, -0.1) is 0 Å². The molecule has 5 rings (SSSR count). The molecule has 0 aromatic heterocycles. The van der Waals surface area contributed by atoms with Crippen LogP contribution < -0.4 is 5.32 Å². The Labute approximate surface area is 164 Å². The molecule has 0 aliphatic carbocycles. The largest absolute Gasteiger partial charge is 0.382 e. The van der Waals surface area contributed by atoms with Crippen LogP contribution in [0.25, 0.3) is 0 Å². The van der Waals surface area contributed by atoms with Gasteiger partial charge in [-0.1, -0.05) is 18.2 Å². The number of anilines is 1. The van der Waals surface area contributed by atoms with Gasteiger partial charge in [-0.3, -0.25) is 9.69 Å². The number of ether oxygens (including phenoxy) is 3. The van der Waals surface area contributed by atoms with Crippen molar-refractivity contribution >= 4 is 17.6 Å². The molecule has 4 heterocycles. The van der Waals surface area contributed by atoms with Crippen molar-refractivity contribution in [2.24, 2.45) is 0 Å². The first-order chi connectivity index (χ1) is 13.4. The molecule has 3 atom stereocenters. The number of carbonyl (C=O) groups excluding carboxylic acids is 2. The van der Waals surface area contributed by atoms with Gasteiger partial charge in [-0.05, 0) is 26.0 Å². The van der Waals surface area contributed by atoms with Gasteiger partial charge in [0.25, 0.3) is 5.91 Å². The highest BCUT2D eigenvalue weighted by Gasteiger charge is 2.53. The van der Waals surface area contributed by atoms with Gasteiger partial charge in [-0.2, -0.15) is 0 Å². The summed E-state index contributed by atoms with van der Waals surface area (Å²) >= 11 is 0. The molecule has 0 radical (unpaired) electrons. The van der Waals surface area contributed by atoms with Crippen LogP contribution in [0.5, 0.6) is 0 Å². The number of amides is 3. The van der Waals surface area contributed by atoms with Crippen LogP contribution in [0.15, 0.2) is 30.3 Å². The molecule has 4 fully saturated rings. The molecule has 3 unspecified atom stereocenters. The van der Waals surface area contributed by atoms with Crippen molar-refractivity contribution in [3.05, 3.63) is 30.3 Å². The third-order valence-electron chi connectivity index (χ3n) is 5.19. The molecular formula is C20H27N3O5. The maximum absolute atomic E-state index is 12.2. The zero-order valence-electron chi connectivity index (χ0n) is 16.3. The third kappa shape index (κ3) is 4.63. The van der Waals surface area contributed by atoms with Crippen LogP contribution in [0, 0.1) is 0 Å². The lowest BCUT2D eigenvalue weighted by molar-refractivity contribution is -0.132. The number of carbonyl (C=O) groups is 2. The highest BCUT2D eigenvalue weighted by Crippen LogP contribution is 2.30. The molecule has 1 N–H and O–H groups in total. The SMILES string of the molecule is CC1(C)C(=O)N(CC2CO2)C(=O)N1CC1CO1.c1ccc(NCC2CO2)cc1. The van der Waals surface area contributed by atoms with Crippen LogP contribution in [0.4, 0.5) is 10.5 Å². The smallest absolute Gasteiger partial charge is 0.327 e. The van der Waals surface area contributed by atoms with Gasteiger partial charge in [0, 0.05) is 12.2 Å². The van der Waals surface area contributed by atoms with E-state index in [2.05, 4.69) is 17.4 Å². The summed E-state index contributed by atoms with van der Waals surface area (Å²) < 4.78 is 15.3. The fourth-order valence-corrected chi connectivity index (χ4v) is 3.11. The highest BCUT2D eigenvalue weighted by atomic mass is 16.6. The molecule has 3 amide bonds. The second-order valence-corrected chi connectivity index (χ2v) is 7.98. The van der Waals surface area contributed by atoms with Gasteiger partial charge in [0.15, 0.2) is 0 Å². The number of nitrogens with one attached hydrogen (secondary N) is 1. The van der Waals surface area contributed by atoms with Crippen molar-refractivity contribution < 1.29 is 23.8 Å². The first kappa shape index (κ1) is 19.2. The Hall–Kier alpha value is -2.16. The predicted octanol–water partition coefficient (Wildman–Crippen LogP) is 1.32. The van der Waals surface area contributed by atoms with Crippen molar-refractivity contribution in [1.82, 2.24) is 9.80 Å². The summed E-state index contributed by atoms with van der Waals surface area (Å²) in [7, 11) is 0. The molecule has 4 aliphatic rings. The van der Waals surface area contributed by atoms with E-state index in [1.807, 2.05) is 18.2 Å². The van der Waals surface area contributed by atoms with Crippen molar-refractivity contribution in [3.8, 4) is 0 Å². The Balaban J connectivity index is 0.000000151. The van der Waals surface area contributed by atoms with Crippen molar-refractivity contribution in [2.45, 2.75) is 37.7 Å². The van der Waals surface area contributed by atoms with Gasteiger partial charge in [0.2, 0.25) is 0 Å².